The molecule has 3 N–H and O–H groups in total. The quantitative estimate of drug-likeness (QED) is 0.582. The molecule has 0 aromatic rings. The van der Waals surface area contributed by atoms with E-state index in [1.54, 1.807) is 6.08 Å². The van der Waals surface area contributed by atoms with Gasteiger partial charge in [0.1, 0.15) is 0 Å². The SMILES string of the molecule is CC1=CC/C(=C/CO)[C@@H]([C@H](O)CO)C1. The smallest absolute Gasteiger partial charge is 0.0839 e. The van der Waals surface area contributed by atoms with E-state index in [1.165, 1.54) is 5.57 Å². The molecular formula is C11H18O3. The minimum atomic E-state index is -0.712. The van der Waals surface area contributed by atoms with Crippen molar-refractivity contribution in [2.24, 2.45) is 5.92 Å². The van der Waals surface area contributed by atoms with E-state index in [4.69, 9.17) is 10.2 Å². The Bertz CT molecular complexity index is 243. The van der Waals surface area contributed by atoms with Crippen molar-refractivity contribution in [3.63, 3.8) is 0 Å². The maximum atomic E-state index is 9.60. The van der Waals surface area contributed by atoms with Crippen LogP contribution in [0.15, 0.2) is 23.3 Å². The van der Waals surface area contributed by atoms with Gasteiger partial charge in [-0.25, -0.2) is 0 Å². The summed E-state index contributed by atoms with van der Waals surface area (Å²) in [6, 6.07) is 0. The van der Waals surface area contributed by atoms with Gasteiger partial charge >= 0.3 is 0 Å². The molecule has 0 aromatic carbocycles. The minimum Gasteiger partial charge on any atom is -0.394 e. The lowest BCUT2D eigenvalue weighted by molar-refractivity contribution is 0.0574. The summed E-state index contributed by atoms with van der Waals surface area (Å²) in [6.07, 6.45) is 4.66. The van der Waals surface area contributed by atoms with Crippen LogP contribution in [0, 0.1) is 5.92 Å². The van der Waals surface area contributed by atoms with Crippen molar-refractivity contribution < 1.29 is 15.3 Å². The van der Waals surface area contributed by atoms with Crippen LogP contribution in [0.5, 0.6) is 0 Å². The molecule has 0 unspecified atom stereocenters. The normalized spacial score (nSPS) is 27.6. The molecule has 14 heavy (non-hydrogen) atoms. The highest BCUT2D eigenvalue weighted by molar-refractivity contribution is 5.22. The number of hydrogen-bond donors (Lipinski definition) is 3. The molecule has 0 radical (unpaired) electrons. The number of aliphatic hydroxyl groups excluding tert-OH is 3. The van der Waals surface area contributed by atoms with Crippen molar-refractivity contribution in [2.75, 3.05) is 13.2 Å². The summed E-state index contributed by atoms with van der Waals surface area (Å²) in [7, 11) is 0. The largest absolute Gasteiger partial charge is 0.394 e. The summed E-state index contributed by atoms with van der Waals surface area (Å²) < 4.78 is 0. The standard InChI is InChI=1S/C11H18O3/c1-8-2-3-9(4-5-12)10(6-8)11(14)7-13/h2,4,10-14H,3,5-7H2,1H3/b9-4-/t10-,11+/m0/s1. The molecule has 0 saturated carbocycles. The third kappa shape index (κ3) is 2.67. The molecule has 0 aliphatic heterocycles. The highest BCUT2D eigenvalue weighted by Crippen LogP contribution is 2.31. The predicted octanol–water partition coefficient (Wildman–Crippen LogP) is 0.615. The van der Waals surface area contributed by atoms with E-state index in [0.717, 1.165) is 18.4 Å². The van der Waals surface area contributed by atoms with E-state index in [2.05, 4.69) is 6.08 Å². The van der Waals surface area contributed by atoms with Crippen molar-refractivity contribution in [2.45, 2.75) is 25.9 Å². The van der Waals surface area contributed by atoms with Gasteiger partial charge in [0.15, 0.2) is 0 Å². The first-order chi connectivity index (χ1) is 6.69. The average molecular weight is 198 g/mol. The second-order valence-electron chi connectivity index (χ2n) is 3.78. The van der Waals surface area contributed by atoms with Crippen molar-refractivity contribution in [1.29, 1.82) is 0 Å². The Balaban J connectivity index is 2.78. The van der Waals surface area contributed by atoms with Crippen LogP contribution < -0.4 is 0 Å². The van der Waals surface area contributed by atoms with Crippen LogP contribution in [0.2, 0.25) is 0 Å². The third-order valence-electron chi connectivity index (χ3n) is 2.71. The van der Waals surface area contributed by atoms with Gasteiger partial charge in [-0.1, -0.05) is 23.3 Å². The van der Waals surface area contributed by atoms with Crippen molar-refractivity contribution in [3.8, 4) is 0 Å². The zero-order valence-electron chi connectivity index (χ0n) is 8.48. The van der Waals surface area contributed by atoms with Gasteiger partial charge in [-0.3, -0.25) is 0 Å². The Hall–Kier alpha value is -0.640. The van der Waals surface area contributed by atoms with Gasteiger partial charge in [0.2, 0.25) is 0 Å². The molecule has 1 rings (SSSR count). The lowest BCUT2D eigenvalue weighted by Crippen LogP contribution is -2.28. The van der Waals surface area contributed by atoms with E-state index >= 15 is 0 Å². The second-order valence-corrected chi connectivity index (χ2v) is 3.78. The molecule has 1 aliphatic carbocycles. The second kappa shape index (κ2) is 5.29. The Morgan fingerprint density at radius 3 is 2.86 bits per heavy atom. The highest BCUT2D eigenvalue weighted by Gasteiger charge is 2.24. The Morgan fingerprint density at radius 1 is 1.57 bits per heavy atom. The first kappa shape index (κ1) is 11.4. The fourth-order valence-electron chi connectivity index (χ4n) is 1.87. The summed E-state index contributed by atoms with van der Waals surface area (Å²) in [5, 5.41) is 27.3. The van der Waals surface area contributed by atoms with Crippen molar-refractivity contribution >= 4 is 0 Å². The molecule has 0 fully saturated rings. The summed E-state index contributed by atoms with van der Waals surface area (Å²) >= 11 is 0. The lowest BCUT2D eigenvalue weighted by atomic mass is 9.81. The summed E-state index contributed by atoms with van der Waals surface area (Å²) in [5.74, 6) is -0.0304. The Labute approximate surface area is 84.4 Å². The van der Waals surface area contributed by atoms with Crippen molar-refractivity contribution in [3.05, 3.63) is 23.3 Å². The van der Waals surface area contributed by atoms with Gasteiger partial charge < -0.3 is 15.3 Å². The maximum Gasteiger partial charge on any atom is 0.0839 e. The monoisotopic (exact) mass is 198 g/mol. The van der Waals surface area contributed by atoms with Gasteiger partial charge in [0.05, 0.1) is 19.3 Å². The third-order valence-corrected chi connectivity index (χ3v) is 2.71. The van der Waals surface area contributed by atoms with E-state index in [9.17, 15) is 5.11 Å². The van der Waals surface area contributed by atoms with E-state index in [0.29, 0.717) is 0 Å². The van der Waals surface area contributed by atoms with Crippen LogP contribution in [-0.4, -0.2) is 34.6 Å². The zero-order valence-corrected chi connectivity index (χ0v) is 8.48. The molecule has 3 nitrogen and oxygen atoms in total. The van der Waals surface area contributed by atoms with Gasteiger partial charge in [-0.2, -0.15) is 0 Å². The highest BCUT2D eigenvalue weighted by atomic mass is 16.3. The summed E-state index contributed by atoms with van der Waals surface area (Å²) in [6.45, 7) is 1.80. The maximum absolute atomic E-state index is 9.60. The van der Waals surface area contributed by atoms with Crippen LogP contribution >= 0.6 is 0 Å². The fraction of sp³-hybridized carbons (Fsp3) is 0.636. The van der Waals surface area contributed by atoms with E-state index < -0.39 is 6.10 Å². The molecule has 0 amide bonds. The molecular weight excluding hydrogens is 180 g/mol. The van der Waals surface area contributed by atoms with Gasteiger partial charge in [-0.05, 0) is 19.8 Å². The molecule has 80 valence electrons. The van der Waals surface area contributed by atoms with E-state index in [-0.39, 0.29) is 19.1 Å². The molecule has 1 aliphatic rings. The number of aliphatic hydroxyl groups is 3. The summed E-state index contributed by atoms with van der Waals surface area (Å²) in [4.78, 5) is 0. The fourth-order valence-corrected chi connectivity index (χ4v) is 1.87. The molecule has 0 saturated heterocycles. The van der Waals surface area contributed by atoms with Crippen LogP contribution in [0.25, 0.3) is 0 Å². The van der Waals surface area contributed by atoms with Crippen molar-refractivity contribution in [1.82, 2.24) is 0 Å². The predicted molar refractivity (Wildman–Crippen MR) is 54.7 cm³/mol. The Kier molecular flexibility index (Phi) is 4.32. The molecule has 0 aromatic heterocycles. The van der Waals surface area contributed by atoms with Gasteiger partial charge in [0.25, 0.3) is 0 Å². The molecule has 0 spiro atoms. The Morgan fingerprint density at radius 2 is 2.29 bits per heavy atom. The number of allylic oxidation sites excluding steroid dienone is 2. The van der Waals surface area contributed by atoms with Crippen LogP contribution in [0.1, 0.15) is 19.8 Å². The number of rotatable bonds is 3. The molecule has 2 atom stereocenters. The van der Waals surface area contributed by atoms with Crippen LogP contribution in [0.3, 0.4) is 0 Å². The zero-order chi connectivity index (χ0) is 10.6. The summed E-state index contributed by atoms with van der Waals surface area (Å²) in [5.41, 5.74) is 2.26. The van der Waals surface area contributed by atoms with Gasteiger partial charge in [0, 0.05) is 5.92 Å². The molecule has 0 heterocycles. The molecule has 0 bridgehead atoms. The van der Waals surface area contributed by atoms with Gasteiger partial charge in [-0.15, -0.1) is 0 Å². The molecule has 3 heteroatoms. The average Bonchev–Trinajstić information content (AvgIpc) is 2.20. The first-order valence-corrected chi connectivity index (χ1v) is 4.93. The van der Waals surface area contributed by atoms with E-state index in [1.807, 2.05) is 6.92 Å². The topological polar surface area (TPSA) is 60.7 Å². The first-order valence-electron chi connectivity index (χ1n) is 4.93. The van der Waals surface area contributed by atoms with Crippen LogP contribution in [-0.2, 0) is 0 Å². The van der Waals surface area contributed by atoms with Crippen LogP contribution in [0.4, 0.5) is 0 Å². The number of hydrogen-bond acceptors (Lipinski definition) is 3. The lowest BCUT2D eigenvalue weighted by Gasteiger charge is -2.28. The minimum absolute atomic E-state index is 0.00311.